The minimum atomic E-state index is -0.657. The molecule has 5 N–H and O–H groups in total. The lowest BCUT2D eigenvalue weighted by molar-refractivity contribution is -0.118. The van der Waals surface area contributed by atoms with Gasteiger partial charge in [0.2, 0.25) is 5.91 Å². The van der Waals surface area contributed by atoms with Crippen molar-refractivity contribution < 1.29 is 14.4 Å². The molecule has 0 aliphatic heterocycles. The normalized spacial score (nSPS) is 10.3. The van der Waals surface area contributed by atoms with E-state index >= 15 is 0 Å². The Balaban J connectivity index is 1.88. The fourth-order valence-corrected chi connectivity index (χ4v) is 2.12. The average Bonchev–Trinajstić information content (AvgIpc) is 2.61. The van der Waals surface area contributed by atoms with E-state index in [0.717, 1.165) is 11.3 Å². The summed E-state index contributed by atoms with van der Waals surface area (Å²) in [6, 6.07) is 13.0. The molecular formula is C19H22N4O3. The number of benzene rings is 2. The summed E-state index contributed by atoms with van der Waals surface area (Å²) in [6.45, 7) is 4.02. The van der Waals surface area contributed by atoms with Crippen LogP contribution < -0.4 is 21.7 Å². The molecule has 0 fully saturated rings. The van der Waals surface area contributed by atoms with Crippen LogP contribution in [0.5, 0.6) is 0 Å². The van der Waals surface area contributed by atoms with Gasteiger partial charge in [-0.2, -0.15) is 0 Å². The van der Waals surface area contributed by atoms with E-state index in [-0.39, 0.29) is 17.7 Å². The van der Waals surface area contributed by atoms with Gasteiger partial charge in [0.05, 0.1) is 0 Å². The van der Waals surface area contributed by atoms with Crippen LogP contribution in [0.15, 0.2) is 48.5 Å². The molecule has 4 amide bonds. The summed E-state index contributed by atoms with van der Waals surface area (Å²) in [4.78, 5) is 34.6. The van der Waals surface area contributed by atoms with E-state index in [0.29, 0.717) is 17.8 Å². The molecule has 0 bridgehead atoms. The Morgan fingerprint density at radius 2 is 1.42 bits per heavy atom. The third kappa shape index (κ3) is 5.62. The number of nitrogens with one attached hydrogen (secondary N) is 3. The lowest BCUT2D eigenvalue weighted by Crippen LogP contribution is -2.23. The number of hydrogen-bond acceptors (Lipinski definition) is 3. The maximum atomic E-state index is 12.2. The van der Waals surface area contributed by atoms with Crippen LogP contribution in [0.2, 0.25) is 0 Å². The van der Waals surface area contributed by atoms with Gasteiger partial charge in [0.25, 0.3) is 5.91 Å². The molecule has 0 unspecified atom stereocenters. The first kappa shape index (κ1) is 19.0. The number of anilines is 2. The molecule has 0 spiro atoms. The molecular weight excluding hydrogens is 332 g/mol. The quantitative estimate of drug-likeness (QED) is 0.639. The lowest BCUT2D eigenvalue weighted by Gasteiger charge is -2.09. The van der Waals surface area contributed by atoms with Crippen molar-refractivity contribution in [3.63, 3.8) is 0 Å². The van der Waals surface area contributed by atoms with Crippen molar-refractivity contribution in [3.8, 4) is 0 Å². The van der Waals surface area contributed by atoms with Crippen LogP contribution in [-0.2, 0) is 11.3 Å². The Morgan fingerprint density at radius 1 is 0.885 bits per heavy atom. The molecule has 2 rings (SSSR count). The third-order valence-corrected chi connectivity index (χ3v) is 3.61. The molecule has 26 heavy (non-hydrogen) atoms. The number of amides is 4. The molecule has 2 aromatic carbocycles. The Morgan fingerprint density at radius 3 is 1.96 bits per heavy atom. The van der Waals surface area contributed by atoms with Crippen molar-refractivity contribution in [2.75, 3.05) is 10.6 Å². The number of urea groups is 1. The fraction of sp³-hybridized carbons (Fsp3) is 0.211. The summed E-state index contributed by atoms with van der Waals surface area (Å²) < 4.78 is 0. The van der Waals surface area contributed by atoms with E-state index in [9.17, 15) is 14.4 Å². The van der Waals surface area contributed by atoms with Gasteiger partial charge in [-0.25, -0.2) is 4.79 Å². The molecule has 0 saturated heterocycles. The van der Waals surface area contributed by atoms with Crippen LogP contribution in [0.3, 0.4) is 0 Å². The Bertz CT molecular complexity index is 783. The SMILES string of the molecule is CC(C)C(=O)Nc1ccc(CNC(=O)c2ccc(NC(N)=O)cc2)cc1. The highest BCUT2D eigenvalue weighted by molar-refractivity contribution is 5.95. The second kappa shape index (κ2) is 8.66. The van der Waals surface area contributed by atoms with Crippen molar-refractivity contribution in [1.82, 2.24) is 5.32 Å². The van der Waals surface area contributed by atoms with Crippen LogP contribution in [0.25, 0.3) is 0 Å². The Kier molecular flexibility index (Phi) is 6.32. The van der Waals surface area contributed by atoms with Gasteiger partial charge in [-0.05, 0) is 42.0 Å². The molecule has 2 aromatic rings. The first-order chi connectivity index (χ1) is 12.3. The number of carbonyl (C=O) groups excluding carboxylic acids is 3. The number of primary amides is 1. The monoisotopic (exact) mass is 354 g/mol. The van der Waals surface area contributed by atoms with Crippen LogP contribution >= 0.6 is 0 Å². The van der Waals surface area contributed by atoms with E-state index in [2.05, 4.69) is 16.0 Å². The number of rotatable bonds is 6. The van der Waals surface area contributed by atoms with Crippen molar-refractivity contribution in [2.45, 2.75) is 20.4 Å². The highest BCUT2D eigenvalue weighted by Gasteiger charge is 2.08. The van der Waals surface area contributed by atoms with Crippen LogP contribution in [-0.4, -0.2) is 17.8 Å². The second-order valence-corrected chi connectivity index (χ2v) is 6.09. The van der Waals surface area contributed by atoms with Gasteiger partial charge in [-0.3, -0.25) is 9.59 Å². The summed E-state index contributed by atoms with van der Waals surface area (Å²) in [6.07, 6.45) is 0. The number of nitrogens with two attached hydrogens (primary N) is 1. The van der Waals surface area contributed by atoms with Crippen molar-refractivity contribution in [3.05, 3.63) is 59.7 Å². The van der Waals surface area contributed by atoms with Crippen molar-refractivity contribution >= 4 is 29.2 Å². The van der Waals surface area contributed by atoms with Gasteiger partial charge in [-0.15, -0.1) is 0 Å². The largest absolute Gasteiger partial charge is 0.351 e. The minimum absolute atomic E-state index is 0.0414. The molecule has 7 heteroatoms. The first-order valence-corrected chi connectivity index (χ1v) is 8.19. The molecule has 0 radical (unpaired) electrons. The Labute approximate surface area is 152 Å². The van der Waals surface area contributed by atoms with E-state index in [1.165, 1.54) is 0 Å². The standard InChI is InChI=1S/C19H22N4O3/c1-12(2)17(24)22-15-7-3-13(4-8-15)11-21-18(25)14-5-9-16(10-6-14)23-19(20)26/h3-10,12H,11H2,1-2H3,(H,21,25)(H,22,24)(H3,20,23,26). The van der Waals surface area contributed by atoms with E-state index in [1.807, 2.05) is 26.0 Å². The number of hydrogen-bond donors (Lipinski definition) is 4. The van der Waals surface area contributed by atoms with Gasteiger partial charge in [0.15, 0.2) is 0 Å². The van der Waals surface area contributed by atoms with Crippen LogP contribution in [0.1, 0.15) is 29.8 Å². The van der Waals surface area contributed by atoms with E-state index < -0.39 is 6.03 Å². The molecule has 0 aliphatic rings. The van der Waals surface area contributed by atoms with Crippen molar-refractivity contribution in [1.29, 1.82) is 0 Å². The number of carbonyl (C=O) groups is 3. The molecule has 7 nitrogen and oxygen atoms in total. The summed E-state index contributed by atoms with van der Waals surface area (Å²) in [5.74, 6) is -0.355. The summed E-state index contributed by atoms with van der Waals surface area (Å²) >= 11 is 0. The molecule has 136 valence electrons. The zero-order chi connectivity index (χ0) is 19.1. The molecule has 0 atom stereocenters. The van der Waals surface area contributed by atoms with E-state index in [4.69, 9.17) is 5.73 Å². The van der Waals surface area contributed by atoms with Gasteiger partial charge in [0, 0.05) is 29.4 Å². The van der Waals surface area contributed by atoms with Crippen molar-refractivity contribution in [2.24, 2.45) is 11.7 Å². The molecule has 0 heterocycles. The third-order valence-electron chi connectivity index (χ3n) is 3.61. The second-order valence-electron chi connectivity index (χ2n) is 6.09. The Hall–Kier alpha value is -3.35. The van der Waals surface area contributed by atoms with Gasteiger partial charge in [0.1, 0.15) is 0 Å². The first-order valence-electron chi connectivity index (χ1n) is 8.19. The fourth-order valence-electron chi connectivity index (χ4n) is 2.12. The summed E-state index contributed by atoms with van der Waals surface area (Å²) in [5, 5.41) is 8.06. The maximum absolute atomic E-state index is 12.2. The predicted octanol–water partition coefficient (Wildman–Crippen LogP) is 2.70. The highest BCUT2D eigenvalue weighted by atomic mass is 16.2. The summed E-state index contributed by atoms with van der Waals surface area (Å²) in [5.41, 5.74) is 7.66. The minimum Gasteiger partial charge on any atom is -0.351 e. The van der Waals surface area contributed by atoms with Gasteiger partial charge < -0.3 is 21.7 Å². The zero-order valence-electron chi connectivity index (χ0n) is 14.7. The van der Waals surface area contributed by atoms with E-state index in [1.54, 1.807) is 36.4 Å². The van der Waals surface area contributed by atoms with Crippen LogP contribution in [0, 0.1) is 5.92 Å². The lowest BCUT2D eigenvalue weighted by atomic mass is 10.1. The van der Waals surface area contributed by atoms with Crippen LogP contribution in [0.4, 0.5) is 16.2 Å². The van der Waals surface area contributed by atoms with Gasteiger partial charge >= 0.3 is 6.03 Å². The topological polar surface area (TPSA) is 113 Å². The smallest absolute Gasteiger partial charge is 0.316 e. The molecule has 0 aromatic heterocycles. The molecule has 0 aliphatic carbocycles. The maximum Gasteiger partial charge on any atom is 0.316 e. The summed E-state index contributed by atoms with van der Waals surface area (Å²) in [7, 11) is 0. The zero-order valence-corrected chi connectivity index (χ0v) is 14.7. The average molecular weight is 354 g/mol. The highest BCUT2D eigenvalue weighted by Crippen LogP contribution is 2.12. The van der Waals surface area contributed by atoms with Gasteiger partial charge in [-0.1, -0.05) is 26.0 Å². The predicted molar refractivity (Wildman–Crippen MR) is 101 cm³/mol. The molecule has 0 saturated carbocycles.